The summed E-state index contributed by atoms with van der Waals surface area (Å²) in [5.41, 5.74) is 4.26. The molecule has 0 heterocycles. The van der Waals surface area contributed by atoms with Crippen molar-refractivity contribution in [3.63, 3.8) is 0 Å². The normalized spacial score (nSPS) is 10.9. The van der Waals surface area contributed by atoms with E-state index in [-0.39, 0.29) is 11.1 Å². The maximum absolute atomic E-state index is 12.1. The zero-order valence-corrected chi connectivity index (χ0v) is 23.6. The van der Waals surface area contributed by atoms with Gasteiger partial charge in [-0.3, -0.25) is 0 Å². The molecule has 202 valence electrons. The second-order valence-electron chi connectivity index (χ2n) is 9.35. The number of hydrogen-bond donors (Lipinski definition) is 2. The van der Waals surface area contributed by atoms with Crippen LogP contribution in [0, 0.1) is 0 Å². The second kappa shape index (κ2) is 17.0. The van der Waals surface area contributed by atoms with Crippen LogP contribution in [-0.2, 0) is 25.7 Å². The van der Waals surface area contributed by atoms with Crippen LogP contribution in [0.4, 0.5) is 0 Å². The number of thioether (sulfide) groups is 2. The fraction of sp³-hybridized carbons (Fsp3) is 0.375. The summed E-state index contributed by atoms with van der Waals surface area (Å²) in [7, 11) is 0. The molecule has 3 aromatic carbocycles. The molecule has 38 heavy (non-hydrogen) atoms. The lowest BCUT2D eigenvalue weighted by molar-refractivity contribution is 0.0650. The molecule has 0 spiro atoms. The van der Waals surface area contributed by atoms with Crippen LogP contribution in [0.1, 0.15) is 68.7 Å². The van der Waals surface area contributed by atoms with Crippen molar-refractivity contribution in [1.82, 2.24) is 0 Å². The van der Waals surface area contributed by atoms with Crippen molar-refractivity contribution < 1.29 is 19.8 Å². The molecule has 2 N–H and O–H groups in total. The molecule has 0 atom stereocenters. The molecule has 0 aliphatic heterocycles. The molecule has 0 aliphatic carbocycles. The first-order valence-electron chi connectivity index (χ1n) is 13.4. The van der Waals surface area contributed by atoms with Gasteiger partial charge in [0.25, 0.3) is 0 Å². The Bertz CT molecular complexity index is 1130. The first-order valence-corrected chi connectivity index (χ1v) is 15.7. The average molecular weight is 551 g/mol. The Morgan fingerprint density at radius 3 is 1.50 bits per heavy atom. The minimum absolute atomic E-state index is 0.0282. The Labute approximate surface area is 235 Å². The third-order valence-corrected chi connectivity index (χ3v) is 8.81. The van der Waals surface area contributed by atoms with E-state index in [1.807, 2.05) is 41.7 Å². The van der Waals surface area contributed by atoms with E-state index in [1.165, 1.54) is 17.2 Å². The van der Waals surface area contributed by atoms with Crippen molar-refractivity contribution in [1.29, 1.82) is 0 Å². The standard InChI is InChI=1S/C32H38O4S2/c33-31(34)29-20-19-27(17-9-23-37-21-7-15-25-11-3-1-4-12-25)28(30(29)32(35)36)18-10-24-38-22-8-16-26-13-5-2-6-14-26/h1-6,11-14,19-20H,7-10,15-18,21-24H2,(H,33,34)(H,35,36). The van der Waals surface area contributed by atoms with Gasteiger partial charge in [-0.05, 0) is 103 Å². The number of carbonyl (C=O) groups is 2. The lowest BCUT2D eigenvalue weighted by Crippen LogP contribution is -2.14. The Hall–Kier alpha value is -2.70. The Balaban J connectivity index is 1.47. The van der Waals surface area contributed by atoms with E-state index < -0.39 is 11.9 Å². The summed E-state index contributed by atoms with van der Waals surface area (Å²) in [5, 5.41) is 19.5. The van der Waals surface area contributed by atoms with Crippen molar-refractivity contribution >= 4 is 35.5 Å². The average Bonchev–Trinajstić information content (AvgIpc) is 2.93. The van der Waals surface area contributed by atoms with Gasteiger partial charge in [-0.2, -0.15) is 23.5 Å². The smallest absolute Gasteiger partial charge is 0.336 e. The molecular weight excluding hydrogens is 512 g/mol. The molecule has 3 aromatic rings. The SMILES string of the molecule is O=C(O)c1ccc(CCCSCCCc2ccccc2)c(CCCSCCCc2ccccc2)c1C(=O)O. The minimum Gasteiger partial charge on any atom is -0.478 e. The summed E-state index contributed by atoms with van der Waals surface area (Å²) in [4.78, 5) is 23.8. The van der Waals surface area contributed by atoms with Crippen LogP contribution in [0.2, 0.25) is 0 Å². The van der Waals surface area contributed by atoms with Gasteiger partial charge in [0.1, 0.15) is 0 Å². The third kappa shape index (κ3) is 10.2. The topological polar surface area (TPSA) is 74.6 Å². The van der Waals surface area contributed by atoms with Crippen LogP contribution < -0.4 is 0 Å². The van der Waals surface area contributed by atoms with Gasteiger partial charge in [0.15, 0.2) is 0 Å². The largest absolute Gasteiger partial charge is 0.478 e. The van der Waals surface area contributed by atoms with E-state index in [0.717, 1.165) is 73.5 Å². The van der Waals surface area contributed by atoms with Gasteiger partial charge in [0.05, 0.1) is 11.1 Å². The molecular formula is C32H38O4S2. The van der Waals surface area contributed by atoms with E-state index in [2.05, 4.69) is 48.5 Å². The van der Waals surface area contributed by atoms with Crippen LogP contribution in [0.25, 0.3) is 0 Å². The number of hydrogen-bond acceptors (Lipinski definition) is 4. The van der Waals surface area contributed by atoms with Crippen molar-refractivity contribution in [3.8, 4) is 0 Å². The van der Waals surface area contributed by atoms with Gasteiger partial charge in [-0.1, -0.05) is 66.7 Å². The molecule has 4 nitrogen and oxygen atoms in total. The molecule has 0 saturated heterocycles. The fourth-order valence-corrected chi connectivity index (χ4v) is 6.40. The van der Waals surface area contributed by atoms with E-state index in [9.17, 15) is 19.8 Å². The molecule has 0 amide bonds. The highest BCUT2D eigenvalue weighted by Gasteiger charge is 2.22. The summed E-state index contributed by atoms with van der Waals surface area (Å²) >= 11 is 3.81. The number of rotatable bonds is 18. The number of carboxylic acids is 2. The molecule has 0 fully saturated rings. The predicted octanol–water partition coefficient (Wildman–Crippen LogP) is 7.68. The quantitative estimate of drug-likeness (QED) is 0.158. The molecule has 0 aromatic heterocycles. The molecule has 6 heteroatoms. The predicted molar refractivity (Wildman–Crippen MR) is 161 cm³/mol. The van der Waals surface area contributed by atoms with E-state index in [1.54, 1.807) is 0 Å². The molecule has 0 bridgehead atoms. The summed E-state index contributed by atoms with van der Waals surface area (Å²) < 4.78 is 0. The lowest BCUT2D eigenvalue weighted by Gasteiger charge is -2.15. The van der Waals surface area contributed by atoms with Crippen molar-refractivity contribution in [2.45, 2.75) is 51.4 Å². The first-order chi connectivity index (χ1) is 18.6. The van der Waals surface area contributed by atoms with E-state index in [4.69, 9.17) is 0 Å². The maximum Gasteiger partial charge on any atom is 0.336 e. The van der Waals surface area contributed by atoms with Crippen molar-refractivity contribution in [2.24, 2.45) is 0 Å². The number of carboxylic acid groups (broad SMARTS) is 2. The van der Waals surface area contributed by atoms with Gasteiger partial charge in [-0.25, -0.2) is 9.59 Å². The van der Waals surface area contributed by atoms with Crippen molar-refractivity contribution in [3.05, 3.63) is 106 Å². The molecule has 0 aliphatic rings. The van der Waals surface area contributed by atoms with Gasteiger partial charge in [-0.15, -0.1) is 0 Å². The summed E-state index contributed by atoms with van der Waals surface area (Å²) in [6.45, 7) is 0. The van der Waals surface area contributed by atoms with Crippen LogP contribution in [0.5, 0.6) is 0 Å². The zero-order chi connectivity index (χ0) is 27.0. The minimum atomic E-state index is -1.18. The monoisotopic (exact) mass is 550 g/mol. The molecule has 0 radical (unpaired) electrons. The fourth-order valence-electron chi connectivity index (χ4n) is 4.60. The van der Waals surface area contributed by atoms with Gasteiger partial charge >= 0.3 is 11.9 Å². The number of benzene rings is 3. The molecule has 3 rings (SSSR count). The van der Waals surface area contributed by atoms with Gasteiger partial charge in [0, 0.05) is 0 Å². The zero-order valence-electron chi connectivity index (χ0n) is 21.9. The van der Waals surface area contributed by atoms with Crippen LogP contribution in [-0.4, -0.2) is 45.2 Å². The van der Waals surface area contributed by atoms with E-state index in [0.29, 0.717) is 12.0 Å². The summed E-state index contributed by atoms with van der Waals surface area (Å²) in [5.74, 6) is 1.77. The summed E-state index contributed by atoms with van der Waals surface area (Å²) in [6, 6.07) is 24.3. The Morgan fingerprint density at radius 1 is 0.553 bits per heavy atom. The van der Waals surface area contributed by atoms with Gasteiger partial charge in [0.2, 0.25) is 0 Å². The first kappa shape index (κ1) is 29.9. The van der Waals surface area contributed by atoms with Crippen LogP contribution >= 0.6 is 23.5 Å². The lowest BCUT2D eigenvalue weighted by atomic mass is 9.91. The number of aromatic carboxylic acids is 2. The third-order valence-electron chi connectivity index (χ3n) is 6.50. The summed E-state index contributed by atoms with van der Waals surface area (Å²) in [6.07, 6.45) is 7.53. The highest BCUT2D eigenvalue weighted by Crippen LogP contribution is 2.25. The highest BCUT2D eigenvalue weighted by atomic mass is 32.2. The Morgan fingerprint density at radius 2 is 1.03 bits per heavy atom. The van der Waals surface area contributed by atoms with Crippen LogP contribution in [0.15, 0.2) is 72.8 Å². The van der Waals surface area contributed by atoms with Gasteiger partial charge < -0.3 is 10.2 Å². The van der Waals surface area contributed by atoms with Crippen LogP contribution in [0.3, 0.4) is 0 Å². The highest BCUT2D eigenvalue weighted by molar-refractivity contribution is 7.99. The molecule has 0 unspecified atom stereocenters. The second-order valence-corrected chi connectivity index (χ2v) is 11.8. The van der Waals surface area contributed by atoms with E-state index >= 15 is 0 Å². The maximum atomic E-state index is 12.1. The Kier molecular flexibility index (Phi) is 13.4. The van der Waals surface area contributed by atoms with Crippen molar-refractivity contribution in [2.75, 3.05) is 23.0 Å². The number of aryl methyl sites for hydroxylation is 3. The molecule has 0 saturated carbocycles.